The van der Waals surface area contributed by atoms with Crippen molar-refractivity contribution in [2.75, 3.05) is 4.90 Å². The van der Waals surface area contributed by atoms with Gasteiger partial charge in [-0.3, -0.25) is 14.9 Å². The number of barbiturate groups is 1. The molecule has 0 aliphatic carbocycles. The summed E-state index contributed by atoms with van der Waals surface area (Å²) < 4.78 is 5.96. The van der Waals surface area contributed by atoms with Crippen LogP contribution >= 0.6 is 11.6 Å². The molecule has 1 aliphatic heterocycles. The first-order valence-corrected chi connectivity index (χ1v) is 11.2. The Morgan fingerprint density at radius 1 is 0.829 bits per heavy atom. The summed E-state index contributed by atoms with van der Waals surface area (Å²) in [5.41, 5.74) is 1.86. The molecular weight excluding hydrogens is 464 g/mol. The number of urea groups is 1. The quantitative estimate of drug-likeness (QED) is 0.291. The molecule has 7 heteroatoms. The highest BCUT2D eigenvalue weighted by molar-refractivity contribution is 6.39. The maximum Gasteiger partial charge on any atom is 0.335 e. The Hall–Kier alpha value is -4.42. The van der Waals surface area contributed by atoms with E-state index >= 15 is 0 Å². The number of hydrogen-bond donors (Lipinski definition) is 1. The number of halogens is 1. The van der Waals surface area contributed by atoms with Crippen LogP contribution in [0.5, 0.6) is 5.75 Å². The van der Waals surface area contributed by atoms with Gasteiger partial charge in [-0.05, 0) is 64.4 Å². The first-order chi connectivity index (χ1) is 17.0. The minimum absolute atomic E-state index is 0.149. The van der Waals surface area contributed by atoms with E-state index in [9.17, 15) is 14.4 Å². The lowest BCUT2D eigenvalue weighted by Gasteiger charge is -2.26. The van der Waals surface area contributed by atoms with Gasteiger partial charge in [0, 0.05) is 5.02 Å². The van der Waals surface area contributed by atoms with Gasteiger partial charge in [0.25, 0.3) is 11.8 Å². The number of nitrogens with zero attached hydrogens (tertiary/aromatic N) is 1. The highest BCUT2D eigenvalue weighted by Gasteiger charge is 2.36. The Balaban J connectivity index is 1.33. The SMILES string of the molecule is O=C1NC(=O)N(c2ccc(Cl)cc2)C(=O)/C1=C/c1ccc(OCc2cccc3ccccc23)cc1. The number of carbonyl (C=O) groups is 3. The summed E-state index contributed by atoms with van der Waals surface area (Å²) in [6.07, 6.45) is 1.45. The van der Waals surface area contributed by atoms with Crippen LogP contribution < -0.4 is 15.0 Å². The first kappa shape index (κ1) is 22.4. The lowest BCUT2D eigenvalue weighted by molar-refractivity contribution is -0.122. The second-order valence-electron chi connectivity index (χ2n) is 7.93. The molecule has 1 saturated heterocycles. The molecule has 1 heterocycles. The van der Waals surface area contributed by atoms with E-state index in [0.717, 1.165) is 21.2 Å². The number of ether oxygens (including phenoxy) is 1. The molecule has 4 amide bonds. The van der Waals surface area contributed by atoms with E-state index in [0.29, 0.717) is 28.6 Å². The van der Waals surface area contributed by atoms with Crippen molar-refractivity contribution in [1.29, 1.82) is 0 Å². The van der Waals surface area contributed by atoms with Crippen LogP contribution in [0, 0.1) is 0 Å². The van der Waals surface area contributed by atoms with Crippen LogP contribution in [-0.2, 0) is 16.2 Å². The second-order valence-corrected chi connectivity index (χ2v) is 8.37. The molecule has 4 aromatic rings. The number of nitrogens with one attached hydrogen (secondary N) is 1. The van der Waals surface area contributed by atoms with E-state index < -0.39 is 17.8 Å². The van der Waals surface area contributed by atoms with E-state index in [-0.39, 0.29) is 5.57 Å². The van der Waals surface area contributed by atoms with Gasteiger partial charge in [0.05, 0.1) is 5.69 Å². The lowest BCUT2D eigenvalue weighted by Crippen LogP contribution is -2.54. The predicted octanol–water partition coefficient (Wildman–Crippen LogP) is 5.74. The van der Waals surface area contributed by atoms with E-state index in [1.807, 2.05) is 24.3 Å². The molecular formula is C28H19ClN2O4. The number of imide groups is 2. The normalized spacial score (nSPS) is 14.9. The van der Waals surface area contributed by atoms with Crippen LogP contribution in [-0.4, -0.2) is 17.8 Å². The summed E-state index contributed by atoms with van der Waals surface area (Å²) in [6.45, 7) is 0.404. The molecule has 0 saturated carbocycles. The molecule has 4 aromatic carbocycles. The predicted molar refractivity (Wildman–Crippen MR) is 135 cm³/mol. The minimum atomic E-state index is -0.809. The number of hydrogen-bond acceptors (Lipinski definition) is 4. The van der Waals surface area contributed by atoms with Crippen LogP contribution in [0.3, 0.4) is 0 Å². The van der Waals surface area contributed by atoms with Crippen molar-refractivity contribution in [3.8, 4) is 5.75 Å². The maximum absolute atomic E-state index is 13.0. The van der Waals surface area contributed by atoms with Crippen molar-refractivity contribution >= 4 is 52.0 Å². The van der Waals surface area contributed by atoms with Crippen LogP contribution in [0.25, 0.3) is 16.8 Å². The summed E-state index contributed by atoms with van der Waals surface area (Å²) in [7, 11) is 0. The van der Waals surface area contributed by atoms with Gasteiger partial charge >= 0.3 is 6.03 Å². The largest absolute Gasteiger partial charge is 0.489 e. The van der Waals surface area contributed by atoms with Gasteiger partial charge in [-0.25, -0.2) is 9.69 Å². The highest BCUT2D eigenvalue weighted by Crippen LogP contribution is 2.25. The van der Waals surface area contributed by atoms with Crippen molar-refractivity contribution in [1.82, 2.24) is 5.32 Å². The molecule has 6 nitrogen and oxygen atoms in total. The van der Waals surface area contributed by atoms with Crippen molar-refractivity contribution in [3.05, 3.63) is 113 Å². The fraction of sp³-hybridized carbons (Fsp3) is 0.0357. The molecule has 0 atom stereocenters. The molecule has 1 aliphatic rings. The molecule has 0 spiro atoms. The average Bonchev–Trinajstić information content (AvgIpc) is 2.87. The zero-order chi connectivity index (χ0) is 24.4. The maximum atomic E-state index is 13.0. The van der Waals surface area contributed by atoms with Gasteiger partial charge < -0.3 is 4.74 Å². The molecule has 0 aromatic heterocycles. The van der Waals surface area contributed by atoms with Gasteiger partial charge in [0.15, 0.2) is 0 Å². The molecule has 1 fully saturated rings. The van der Waals surface area contributed by atoms with Crippen molar-refractivity contribution in [2.45, 2.75) is 6.61 Å². The van der Waals surface area contributed by atoms with Gasteiger partial charge in [0.1, 0.15) is 17.9 Å². The zero-order valence-corrected chi connectivity index (χ0v) is 19.2. The average molecular weight is 483 g/mol. The smallest absolute Gasteiger partial charge is 0.335 e. The molecule has 1 N–H and O–H groups in total. The summed E-state index contributed by atoms with van der Waals surface area (Å²) in [6, 6.07) is 26.6. The number of carbonyl (C=O) groups excluding carboxylic acids is 3. The Bertz CT molecular complexity index is 1470. The third kappa shape index (κ3) is 4.65. The number of benzene rings is 4. The molecule has 5 rings (SSSR count). The zero-order valence-electron chi connectivity index (χ0n) is 18.4. The number of anilines is 1. The van der Waals surface area contributed by atoms with Crippen LogP contribution in [0.1, 0.15) is 11.1 Å². The number of rotatable bonds is 5. The number of amides is 4. The van der Waals surface area contributed by atoms with Gasteiger partial charge in [-0.1, -0.05) is 66.2 Å². The van der Waals surface area contributed by atoms with Crippen LogP contribution in [0.4, 0.5) is 10.5 Å². The van der Waals surface area contributed by atoms with Crippen LogP contribution in [0.2, 0.25) is 5.02 Å². The molecule has 172 valence electrons. The molecule has 35 heavy (non-hydrogen) atoms. The first-order valence-electron chi connectivity index (χ1n) is 10.9. The molecule has 0 unspecified atom stereocenters. The highest BCUT2D eigenvalue weighted by atomic mass is 35.5. The fourth-order valence-corrected chi connectivity index (χ4v) is 4.01. The van der Waals surface area contributed by atoms with E-state index in [1.165, 1.54) is 18.2 Å². The topological polar surface area (TPSA) is 75.7 Å². The Morgan fingerprint density at radius 3 is 2.31 bits per heavy atom. The van der Waals surface area contributed by atoms with Crippen molar-refractivity contribution < 1.29 is 19.1 Å². The van der Waals surface area contributed by atoms with Gasteiger partial charge in [0.2, 0.25) is 0 Å². The van der Waals surface area contributed by atoms with E-state index in [4.69, 9.17) is 16.3 Å². The standard InChI is InChI=1S/C28H19ClN2O4/c29-21-10-12-22(13-11-21)31-27(33)25(26(32)30-28(31)34)16-18-8-14-23(15-9-18)35-17-20-6-3-5-19-4-1-2-7-24(19)20/h1-16H,17H2,(H,30,32,34)/b25-16+. The summed E-state index contributed by atoms with van der Waals surface area (Å²) >= 11 is 5.90. The molecule has 0 bridgehead atoms. The number of fused-ring (bicyclic) bond motifs is 1. The van der Waals surface area contributed by atoms with Crippen molar-refractivity contribution in [3.63, 3.8) is 0 Å². The summed E-state index contributed by atoms with van der Waals surface area (Å²) in [4.78, 5) is 38.6. The van der Waals surface area contributed by atoms with Gasteiger partial charge in [-0.2, -0.15) is 0 Å². The monoisotopic (exact) mass is 482 g/mol. The third-order valence-corrected chi connectivity index (χ3v) is 5.90. The van der Waals surface area contributed by atoms with E-state index in [2.05, 4.69) is 23.5 Å². The Morgan fingerprint density at radius 2 is 1.54 bits per heavy atom. The Kier molecular flexibility index (Phi) is 6.04. The van der Waals surface area contributed by atoms with Gasteiger partial charge in [-0.15, -0.1) is 0 Å². The molecule has 0 radical (unpaired) electrons. The second kappa shape index (κ2) is 9.44. The van der Waals surface area contributed by atoms with E-state index in [1.54, 1.807) is 36.4 Å². The summed E-state index contributed by atoms with van der Waals surface area (Å²) in [5, 5.41) is 4.96. The third-order valence-electron chi connectivity index (χ3n) is 5.65. The van der Waals surface area contributed by atoms with Crippen molar-refractivity contribution in [2.24, 2.45) is 0 Å². The fourth-order valence-electron chi connectivity index (χ4n) is 3.89. The lowest BCUT2D eigenvalue weighted by atomic mass is 10.1. The Labute approximate surface area is 206 Å². The summed E-state index contributed by atoms with van der Waals surface area (Å²) in [5.74, 6) is -0.809. The minimum Gasteiger partial charge on any atom is -0.489 e. The van der Waals surface area contributed by atoms with Crippen LogP contribution in [0.15, 0.2) is 96.6 Å².